The summed E-state index contributed by atoms with van der Waals surface area (Å²) in [5, 5.41) is 12.2. The van der Waals surface area contributed by atoms with E-state index in [1.54, 1.807) is 24.4 Å². The maximum Gasteiger partial charge on any atom is 0.335 e. The second-order valence-electron chi connectivity index (χ2n) is 4.28. The molecule has 19 heavy (non-hydrogen) atoms. The number of anilines is 1. The minimum absolute atomic E-state index is 0.270. The van der Waals surface area contributed by atoms with Crippen molar-refractivity contribution in [2.24, 2.45) is 0 Å². The lowest BCUT2D eigenvalue weighted by Gasteiger charge is -2.10. The number of hydrogen-bond acceptors (Lipinski definition) is 4. The molecule has 1 aromatic carbocycles. The molecule has 0 atom stereocenters. The van der Waals surface area contributed by atoms with Crippen LogP contribution in [0.5, 0.6) is 0 Å². The normalized spacial score (nSPS) is 10.2. The number of carboxylic acid groups (broad SMARTS) is 1. The molecule has 0 fully saturated rings. The van der Waals surface area contributed by atoms with Crippen LogP contribution in [0.1, 0.15) is 27.4 Å². The van der Waals surface area contributed by atoms with E-state index in [9.17, 15) is 4.79 Å². The molecular formula is C14H15N3O2. The number of aryl methyl sites for hydroxylation is 2. The first-order valence-corrected chi connectivity index (χ1v) is 5.92. The topological polar surface area (TPSA) is 75.1 Å². The fourth-order valence-corrected chi connectivity index (χ4v) is 1.73. The first kappa shape index (κ1) is 13.0. The second-order valence-corrected chi connectivity index (χ2v) is 4.28. The summed E-state index contributed by atoms with van der Waals surface area (Å²) in [6, 6.07) is 6.84. The van der Waals surface area contributed by atoms with Gasteiger partial charge < -0.3 is 10.4 Å². The average molecular weight is 257 g/mol. The van der Waals surface area contributed by atoms with Crippen LogP contribution in [-0.2, 0) is 6.54 Å². The smallest absolute Gasteiger partial charge is 0.335 e. The molecular weight excluding hydrogens is 242 g/mol. The van der Waals surface area contributed by atoms with E-state index < -0.39 is 5.97 Å². The molecule has 0 unspecified atom stereocenters. The second kappa shape index (κ2) is 5.48. The lowest BCUT2D eigenvalue weighted by molar-refractivity contribution is 0.0697. The van der Waals surface area contributed by atoms with E-state index in [-0.39, 0.29) is 5.56 Å². The van der Waals surface area contributed by atoms with Crippen molar-refractivity contribution in [3.8, 4) is 0 Å². The zero-order chi connectivity index (χ0) is 13.8. The Labute approximate surface area is 111 Å². The Kier molecular flexibility index (Phi) is 3.75. The lowest BCUT2D eigenvalue weighted by atomic mass is 10.1. The van der Waals surface area contributed by atoms with Crippen LogP contribution in [0.3, 0.4) is 0 Å². The Bertz CT molecular complexity index is 611. The third-order valence-electron chi connectivity index (χ3n) is 2.78. The van der Waals surface area contributed by atoms with Gasteiger partial charge in [0.25, 0.3) is 0 Å². The molecule has 0 aliphatic rings. The number of carboxylic acids is 1. The minimum Gasteiger partial charge on any atom is -0.478 e. The van der Waals surface area contributed by atoms with Crippen LogP contribution >= 0.6 is 0 Å². The predicted molar refractivity (Wildman–Crippen MR) is 72.2 cm³/mol. The number of rotatable bonds is 4. The van der Waals surface area contributed by atoms with Crippen LogP contribution in [0.2, 0.25) is 0 Å². The van der Waals surface area contributed by atoms with Crippen LogP contribution in [0, 0.1) is 13.8 Å². The monoisotopic (exact) mass is 257 g/mol. The van der Waals surface area contributed by atoms with Crippen LogP contribution < -0.4 is 5.32 Å². The third-order valence-corrected chi connectivity index (χ3v) is 2.78. The van der Waals surface area contributed by atoms with Crippen molar-refractivity contribution in [1.29, 1.82) is 0 Å². The van der Waals surface area contributed by atoms with E-state index >= 15 is 0 Å². The van der Waals surface area contributed by atoms with Crippen LogP contribution in [0.15, 0.2) is 30.5 Å². The van der Waals surface area contributed by atoms with E-state index in [4.69, 9.17) is 5.11 Å². The Morgan fingerprint density at radius 3 is 2.79 bits per heavy atom. The summed E-state index contributed by atoms with van der Waals surface area (Å²) in [5.41, 5.74) is 2.94. The number of hydrogen-bond donors (Lipinski definition) is 2. The van der Waals surface area contributed by atoms with Gasteiger partial charge in [0.15, 0.2) is 0 Å². The van der Waals surface area contributed by atoms with Crippen molar-refractivity contribution in [1.82, 2.24) is 9.97 Å². The predicted octanol–water partition coefficient (Wildman–Crippen LogP) is 2.40. The maximum absolute atomic E-state index is 10.9. The van der Waals surface area contributed by atoms with Crippen molar-refractivity contribution in [2.75, 3.05) is 5.32 Å². The molecule has 5 heteroatoms. The Morgan fingerprint density at radius 1 is 1.32 bits per heavy atom. The molecule has 98 valence electrons. The minimum atomic E-state index is -0.930. The summed E-state index contributed by atoms with van der Waals surface area (Å²) >= 11 is 0. The summed E-state index contributed by atoms with van der Waals surface area (Å²) in [5.74, 6) is -0.212. The zero-order valence-electron chi connectivity index (χ0n) is 10.8. The highest BCUT2D eigenvalue weighted by molar-refractivity contribution is 5.89. The van der Waals surface area contributed by atoms with Gasteiger partial charge in [-0.3, -0.25) is 0 Å². The molecule has 2 aromatic rings. The van der Waals surface area contributed by atoms with Gasteiger partial charge in [0.2, 0.25) is 0 Å². The highest BCUT2D eigenvalue weighted by atomic mass is 16.4. The highest BCUT2D eigenvalue weighted by Crippen LogP contribution is 2.17. The molecule has 0 amide bonds. The van der Waals surface area contributed by atoms with E-state index in [2.05, 4.69) is 15.3 Å². The molecule has 0 saturated heterocycles. The van der Waals surface area contributed by atoms with Gasteiger partial charge in [0.1, 0.15) is 5.82 Å². The Balaban J connectivity index is 2.15. The van der Waals surface area contributed by atoms with Gasteiger partial charge in [-0.1, -0.05) is 6.07 Å². The molecule has 1 heterocycles. The molecule has 0 spiro atoms. The van der Waals surface area contributed by atoms with Crippen LogP contribution in [0.4, 0.5) is 5.69 Å². The third kappa shape index (κ3) is 3.28. The van der Waals surface area contributed by atoms with Crippen LogP contribution in [-0.4, -0.2) is 21.0 Å². The van der Waals surface area contributed by atoms with Gasteiger partial charge in [0.05, 0.1) is 17.8 Å². The summed E-state index contributed by atoms with van der Waals surface area (Å²) in [4.78, 5) is 19.3. The Morgan fingerprint density at radius 2 is 2.11 bits per heavy atom. The molecule has 0 bridgehead atoms. The molecule has 0 radical (unpaired) electrons. The van der Waals surface area contributed by atoms with Gasteiger partial charge >= 0.3 is 5.97 Å². The van der Waals surface area contributed by atoms with Crippen molar-refractivity contribution in [2.45, 2.75) is 20.4 Å². The molecule has 2 rings (SSSR count). The number of aromatic nitrogens is 2. The number of nitrogens with zero attached hydrogens (tertiary/aromatic N) is 2. The van der Waals surface area contributed by atoms with Crippen molar-refractivity contribution < 1.29 is 9.90 Å². The van der Waals surface area contributed by atoms with E-state index in [1.807, 2.05) is 19.9 Å². The maximum atomic E-state index is 10.9. The highest BCUT2D eigenvalue weighted by Gasteiger charge is 2.06. The zero-order valence-corrected chi connectivity index (χ0v) is 10.8. The van der Waals surface area contributed by atoms with Gasteiger partial charge in [-0.05, 0) is 37.6 Å². The summed E-state index contributed by atoms with van der Waals surface area (Å²) in [6.07, 6.45) is 1.71. The fourth-order valence-electron chi connectivity index (χ4n) is 1.73. The molecule has 0 aliphatic heterocycles. The van der Waals surface area contributed by atoms with Gasteiger partial charge in [-0.15, -0.1) is 0 Å². The molecule has 5 nitrogen and oxygen atoms in total. The number of aromatic carboxylic acids is 1. The van der Waals surface area contributed by atoms with E-state index in [0.29, 0.717) is 6.54 Å². The van der Waals surface area contributed by atoms with Crippen molar-refractivity contribution >= 4 is 11.7 Å². The standard InChI is InChI=1S/C14H15N3O2/c1-9-3-4-11(14(18)19)7-13(9)16-8-12-5-6-15-10(2)17-12/h3-7,16H,8H2,1-2H3,(H,18,19). The molecule has 0 saturated carbocycles. The largest absolute Gasteiger partial charge is 0.478 e. The number of carbonyl (C=O) groups is 1. The van der Waals surface area contributed by atoms with Crippen molar-refractivity contribution in [3.05, 3.63) is 53.1 Å². The Hall–Kier alpha value is -2.43. The fraction of sp³-hybridized carbons (Fsp3) is 0.214. The first-order valence-electron chi connectivity index (χ1n) is 5.92. The summed E-state index contributed by atoms with van der Waals surface area (Å²) < 4.78 is 0. The lowest BCUT2D eigenvalue weighted by Crippen LogP contribution is -2.06. The van der Waals surface area contributed by atoms with Crippen molar-refractivity contribution in [3.63, 3.8) is 0 Å². The summed E-state index contributed by atoms with van der Waals surface area (Å²) in [7, 11) is 0. The first-order chi connectivity index (χ1) is 9.06. The number of nitrogens with one attached hydrogen (secondary N) is 1. The van der Waals surface area contributed by atoms with E-state index in [1.165, 1.54) is 0 Å². The summed E-state index contributed by atoms with van der Waals surface area (Å²) in [6.45, 7) is 4.30. The van der Waals surface area contributed by atoms with Gasteiger partial charge in [0, 0.05) is 11.9 Å². The van der Waals surface area contributed by atoms with E-state index in [0.717, 1.165) is 22.8 Å². The van der Waals surface area contributed by atoms with Gasteiger partial charge in [-0.2, -0.15) is 0 Å². The quantitative estimate of drug-likeness (QED) is 0.879. The molecule has 1 aromatic heterocycles. The molecule has 0 aliphatic carbocycles. The van der Waals surface area contributed by atoms with Crippen LogP contribution in [0.25, 0.3) is 0 Å². The molecule has 2 N–H and O–H groups in total. The number of benzene rings is 1. The SMILES string of the molecule is Cc1nccc(CNc2cc(C(=O)O)ccc2C)n1. The van der Waals surface area contributed by atoms with Gasteiger partial charge in [-0.25, -0.2) is 14.8 Å². The average Bonchev–Trinajstić information content (AvgIpc) is 2.37.